The summed E-state index contributed by atoms with van der Waals surface area (Å²) in [6.45, 7) is 1.19. The van der Waals surface area contributed by atoms with E-state index in [9.17, 15) is 9.59 Å². The number of carbonyl (C=O) groups is 2. The predicted octanol–water partition coefficient (Wildman–Crippen LogP) is -1.43. The van der Waals surface area contributed by atoms with Crippen LogP contribution in [0.15, 0.2) is 0 Å². The maximum absolute atomic E-state index is 10.6. The molecule has 4 aliphatic heterocycles. The van der Waals surface area contributed by atoms with E-state index in [1.54, 1.807) is 0 Å². The van der Waals surface area contributed by atoms with Gasteiger partial charge >= 0.3 is 11.9 Å². The van der Waals surface area contributed by atoms with Crippen LogP contribution in [0.2, 0.25) is 0 Å². The summed E-state index contributed by atoms with van der Waals surface area (Å²) in [4.78, 5) is 21.2. The highest BCUT2D eigenvalue weighted by Gasteiger charge is 2.38. The van der Waals surface area contributed by atoms with Crippen molar-refractivity contribution in [2.75, 3.05) is 26.4 Å². The normalized spacial score (nSPS) is 40.7. The van der Waals surface area contributed by atoms with Crippen LogP contribution in [0.4, 0.5) is 0 Å². The number of carbonyl (C=O) groups excluding carboxylic acids is 2. The van der Waals surface area contributed by atoms with Crippen molar-refractivity contribution in [1.82, 2.24) is 0 Å². The Hall–Kier alpha value is -1.22. The van der Waals surface area contributed by atoms with Crippen molar-refractivity contribution in [1.29, 1.82) is 0 Å². The van der Waals surface area contributed by atoms with Gasteiger partial charge in [0.15, 0.2) is 24.8 Å². The molecule has 0 N–H and O–H groups in total. The summed E-state index contributed by atoms with van der Waals surface area (Å²) >= 11 is 0. The highest BCUT2D eigenvalue weighted by Crippen LogP contribution is 2.18. The van der Waals surface area contributed by atoms with Crippen LogP contribution in [-0.2, 0) is 38.0 Å². The standard InChI is InChI=1S/2C5H6O4/c2*6-5-3-1-7-4(9-3)2-8-5/h2*3-4H,1-2H2/t2*3-,4-/m10/s1. The van der Waals surface area contributed by atoms with Crippen LogP contribution in [0.25, 0.3) is 0 Å². The predicted molar refractivity (Wildman–Crippen MR) is 51.1 cm³/mol. The van der Waals surface area contributed by atoms with Gasteiger partial charge in [-0.3, -0.25) is 0 Å². The fourth-order valence-electron chi connectivity index (χ4n) is 1.82. The van der Waals surface area contributed by atoms with E-state index in [0.717, 1.165) is 0 Å². The summed E-state index contributed by atoms with van der Waals surface area (Å²) in [7, 11) is 0. The minimum Gasteiger partial charge on any atom is -0.458 e. The largest absolute Gasteiger partial charge is 0.458 e. The molecule has 4 heterocycles. The van der Waals surface area contributed by atoms with Crippen LogP contribution in [-0.4, -0.2) is 63.2 Å². The summed E-state index contributed by atoms with van der Waals surface area (Å²) in [5.41, 5.74) is 0. The summed E-state index contributed by atoms with van der Waals surface area (Å²) < 4.78 is 29.3. The quantitative estimate of drug-likeness (QED) is 0.490. The highest BCUT2D eigenvalue weighted by molar-refractivity contribution is 5.76. The maximum atomic E-state index is 10.6. The van der Waals surface area contributed by atoms with E-state index < -0.39 is 12.2 Å². The van der Waals surface area contributed by atoms with Crippen LogP contribution in [0.1, 0.15) is 0 Å². The van der Waals surface area contributed by atoms with Crippen molar-refractivity contribution < 1.29 is 38.0 Å². The molecule has 4 bridgehead atoms. The molecule has 0 amide bonds. The Bertz CT molecular complexity index is 322. The van der Waals surface area contributed by atoms with E-state index in [1.807, 2.05) is 0 Å². The van der Waals surface area contributed by atoms with Crippen LogP contribution in [0, 0.1) is 0 Å². The fourth-order valence-corrected chi connectivity index (χ4v) is 1.82. The minimum absolute atomic E-state index is 0.245. The van der Waals surface area contributed by atoms with Crippen molar-refractivity contribution in [2.24, 2.45) is 0 Å². The van der Waals surface area contributed by atoms with Crippen molar-refractivity contribution in [2.45, 2.75) is 24.8 Å². The lowest BCUT2D eigenvalue weighted by Gasteiger charge is -2.16. The first-order valence-electron chi connectivity index (χ1n) is 5.60. The molecule has 4 aliphatic rings. The summed E-state index contributed by atoms with van der Waals surface area (Å²) in [5.74, 6) is -0.604. The van der Waals surface area contributed by atoms with Crippen molar-refractivity contribution in [3.8, 4) is 0 Å². The molecule has 8 nitrogen and oxygen atoms in total. The average Bonchev–Trinajstić information content (AvgIpc) is 2.97. The number of cyclic esters (lactones) is 2. The third-order valence-corrected chi connectivity index (χ3v) is 2.75. The monoisotopic (exact) mass is 260 g/mol. The first kappa shape index (κ1) is 11.8. The second kappa shape index (κ2) is 4.81. The van der Waals surface area contributed by atoms with Gasteiger partial charge in [-0.15, -0.1) is 0 Å². The zero-order valence-corrected chi connectivity index (χ0v) is 9.40. The average molecular weight is 260 g/mol. The molecule has 0 aliphatic carbocycles. The van der Waals surface area contributed by atoms with Gasteiger partial charge in [0, 0.05) is 0 Å². The highest BCUT2D eigenvalue weighted by atomic mass is 16.8. The SMILES string of the molecule is O=C1OC[C@@H]2OC[C@H]1O2.O=C1OC[C@H]2OC[C@@H]1O2. The second-order valence-corrected chi connectivity index (χ2v) is 4.04. The Labute approximate surface area is 102 Å². The molecule has 0 saturated carbocycles. The molecule has 0 radical (unpaired) electrons. The maximum Gasteiger partial charge on any atom is 0.338 e. The molecule has 4 rings (SSSR count). The van der Waals surface area contributed by atoms with E-state index in [2.05, 4.69) is 9.47 Å². The molecule has 0 aromatic carbocycles. The number of esters is 2. The number of hydrogen-bond acceptors (Lipinski definition) is 8. The lowest BCUT2D eigenvalue weighted by atomic mass is 10.4. The minimum atomic E-state index is -0.455. The Kier molecular flexibility index (Phi) is 3.16. The van der Waals surface area contributed by atoms with Gasteiger partial charge in [0.1, 0.15) is 13.2 Å². The first-order valence-corrected chi connectivity index (χ1v) is 5.60. The summed E-state index contributed by atoms with van der Waals surface area (Å²) in [5, 5.41) is 0. The molecule has 0 aromatic rings. The van der Waals surface area contributed by atoms with Gasteiger partial charge in [-0.1, -0.05) is 0 Å². The van der Waals surface area contributed by atoms with E-state index in [4.69, 9.17) is 18.9 Å². The van der Waals surface area contributed by atoms with Gasteiger partial charge in [0.05, 0.1) is 13.2 Å². The van der Waals surface area contributed by atoms with E-state index in [1.165, 1.54) is 0 Å². The zero-order valence-electron chi connectivity index (χ0n) is 9.40. The molecule has 100 valence electrons. The lowest BCUT2D eigenvalue weighted by Crippen LogP contribution is -2.33. The third kappa shape index (κ3) is 2.32. The zero-order chi connectivity index (χ0) is 12.5. The van der Waals surface area contributed by atoms with Gasteiger partial charge in [0.25, 0.3) is 0 Å². The summed E-state index contributed by atoms with van der Waals surface area (Å²) in [6.07, 6.45) is -1.51. The molecule has 4 atom stereocenters. The van der Waals surface area contributed by atoms with E-state index in [-0.39, 0.29) is 37.7 Å². The molecule has 18 heavy (non-hydrogen) atoms. The smallest absolute Gasteiger partial charge is 0.338 e. The molecular weight excluding hydrogens is 248 g/mol. The molecule has 0 spiro atoms. The third-order valence-electron chi connectivity index (χ3n) is 2.75. The van der Waals surface area contributed by atoms with Gasteiger partial charge < -0.3 is 28.4 Å². The van der Waals surface area contributed by atoms with Crippen molar-refractivity contribution in [3.05, 3.63) is 0 Å². The Morgan fingerprint density at radius 3 is 1.56 bits per heavy atom. The molecular formula is C10H12O8. The van der Waals surface area contributed by atoms with E-state index >= 15 is 0 Å². The molecule has 4 fully saturated rings. The lowest BCUT2D eigenvalue weighted by molar-refractivity contribution is -0.184. The molecule has 8 heteroatoms. The van der Waals surface area contributed by atoms with Crippen LogP contribution >= 0.6 is 0 Å². The van der Waals surface area contributed by atoms with Crippen LogP contribution in [0.3, 0.4) is 0 Å². The van der Waals surface area contributed by atoms with Gasteiger partial charge in [-0.25, -0.2) is 9.59 Å². The number of fused-ring (bicyclic) bond motifs is 4. The van der Waals surface area contributed by atoms with Crippen LogP contribution in [0.5, 0.6) is 0 Å². The molecule has 0 unspecified atom stereocenters. The Morgan fingerprint density at radius 1 is 0.722 bits per heavy atom. The van der Waals surface area contributed by atoms with Crippen molar-refractivity contribution in [3.63, 3.8) is 0 Å². The Balaban J connectivity index is 0.000000111. The topological polar surface area (TPSA) is 89.5 Å². The molecule has 4 saturated heterocycles. The number of ether oxygens (including phenoxy) is 6. The van der Waals surface area contributed by atoms with E-state index in [0.29, 0.717) is 13.2 Å². The van der Waals surface area contributed by atoms with Gasteiger partial charge in [0.2, 0.25) is 0 Å². The second-order valence-electron chi connectivity index (χ2n) is 4.04. The van der Waals surface area contributed by atoms with Gasteiger partial charge in [-0.2, -0.15) is 0 Å². The fraction of sp³-hybridized carbons (Fsp3) is 0.800. The first-order chi connectivity index (χ1) is 8.72. The van der Waals surface area contributed by atoms with Crippen LogP contribution < -0.4 is 0 Å². The molecule has 0 aromatic heterocycles. The van der Waals surface area contributed by atoms with Crippen molar-refractivity contribution >= 4 is 11.9 Å². The van der Waals surface area contributed by atoms with Gasteiger partial charge in [-0.05, 0) is 0 Å². The number of rotatable bonds is 0. The summed E-state index contributed by atoms with van der Waals surface area (Å²) in [6, 6.07) is 0. The number of hydrogen-bond donors (Lipinski definition) is 0. The Morgan fingerprint density at radius 2 is 1.17 bits per heavy atom.